The molecule has 1 aliphatic rings. The molecule has 0 saturated heterocycles. The van der Waals surface area contributed by atoms with Crippen LogP contribution in [-0.4, -0.2) is 69.2 Å². The fourth-order valence-electron chi connectivity index (χ4n) is 2.96. The predicted octanol–water partition coefficient (Wildman–Crippen LogP) is 0.487. The lowest BCUT2D eigenvalue weighted by molar-refractivity contribution is -0.130. The van der Waals surface area contributed by atoms with Crippen LogP contribution in [-0.2, 0) is 17.9 Å². The standard InChI is InChI=1S/C18H24N6O3/c1-19-16-8-12(4-5-20-16)18(27)23-6-7-24-13(11-23)9-14(21-24)15(25)10-17(26)22(2)3/h4-5,8-9,15,25H,6-7,10-11H2,1-3H3,(H,19,20)/t15-/m0/s1. The highest BCUT2D eigenvalue weighted by Crippen LogP contribution is 2.22. The third-order valence-corrected chi connectivity index (χ3v) is 4.58. The van der Waals surface area contributed by atoms with Crippen LogP contribution in [0.15, 0.2) is 24.4 Å². The van der Waals surface area contributed by atoms with Gasteiger partial charge in [0.05, 0.1) is 30.9 Å². The van der Waals surface area contributed by atoms with E-state index in [0.29, 0.717) is 36.7 Å². The summed E-state index contributed by atoms with van der Waals surface area (Å²) in [5.74, 6) is 0.397. The number of anilines is 1. The van der Waals surface area contributed by atoms with Crippen LogP contribution < -0.4 is 5.32 Å². The molecule has 27 heavy (non-hydrogen) atoms. The number of nitrogens with zero attached hydrogens (tertiary/aromatic N) is 5. The van der Waals surface area contributed by atoms with Gasteiger partial charge in [0.15, 0.2) is 0 Å². The third-order valence-electron chi connectivity index (χ3n) is 4.58. The van der Waals surface area contributed by atoms with Crippen molar-refractivity contribution in [1.29, 1.82) is 0 Å². The first-order valence-corrected chi connectivity index (χ1v) is 8.77. The number of hydrogen-bond acceptors (Lipinski definition) is 6. The monoisotopic (exact) mass is 372 g/mol. The van der Waals surface area contributed by atoms with E-state index >= 15 is 0 Å². The van der Waals surface area contributed by atoms with Gasteiger partial charge < -0.3 is 20.2 Å². The molecule has 1 aliphatic heterocycles. The zero-order valence-corrected chi connectivity index (χ0v) is 15.7. The van der Waals surface area contributed by atoms with E-state index in [-0.39, 0.29) is 18.2 Å². The van der Waals surface area contributed by atoms with Gasteiger partial charge in [0.1, 0.15) is 11.9 Å². The van der Waals surface area contributed by atoms with E-state index < -0.39 is 6.10 Å². The molecular formula is C18H24N6O3. The summed E-state index contributed by atoms with van der Waals surface area (Å²) in [5.41, 5.74) is 1.86. The lowest BCUT2D eigenvalue weighted by Crippen LogP contribution is -2.38. The fraction of sp³-hybridized carbons (Fsp3) is 0.444. The van der Waals surface area contributed by atoms with Gasteiger partial charge in [0, 0.05) is 39.4 Å². The minimum Gasteiger partial charge on any atom is -0.386 e. The number of aromatic nitrogens is 3. The van der Waals surface area contributed by atoms with E-state index in [9.17, 15) is 14.7 Å². The number of carbonyl (C=O) groups excluding carboxylic acids is 2. The Labute approximate surface area is 157 Å². The van der Waals surface area contributed by atoms with Gasteiger partial charge >= 0.3 is 0 Å². The van der Waals surface area contributed by atoms with Crippen LogP contribution in [0.5, 0.6) is 0 Å². The van der Waals surface area contributed by atoms with Crippen molar-refractivity contribution in [3.05, 3.63) is 41.3 Å². The second-order valence-electron chi connectivity index (χ2n) is 6.70. The van der Waals surface area contributed by atoms with Crippen LogP contribution in [0.4, 0.5) is 5.82 Å². The number of rotatable bonds is 5. The van der Waals surface area contributed by atoms with Crippen molar-refractivity contribution < 1.29 is 14.7 Å². The van der Waals surface area contributed by atoms with Crippen molar-refractivity contribution in [2.45, 2.75) is 25.6 Å². The summed E-state index contributed by atoms with van der Waals surface area (Å²) >= 11 is 0. The molecule has 0 unspecified atom stereocenters. The van der Waals surface area contributed by atoms with E-state index in [1.54, 1.807) is 55.1 Å². The van der Waals surface area contributed by atoms with Gasteiger partial charge in [-0.05, 0) is 18.2 Å². The topological polar surface area (TPSA) is 104 Å². The highest BCUT2D eigenvalue weighted by atomic mass is 16.3. The zero-order valence-electron chi connectivity index (χ0n) is 15.7. The van der Waals surface area contributed by atoms with Crippen molar-refractivity contribution >= 4 is 17.6 Å². The molecule has 0 spiro atoms. The molecule has 3 heterocycles. The van der Waals surface area contributed by atoms with E-state index in [2.05, 4.69) is 15.4 Å². The van der Waals surface area contributed by atoms with Crippen molar-refractivity contribution in [2.24, 2.45) is 0 Å². The van der Waals surface area contributed by atoms with Crippen molar-refractivity contribution in [2.75, 3.05) is 33.0 Å². The predicted molar refractivity (Wildman–Crippen MR) is 99.0 cm³/mol. The van der Waals surface area contributed by atoms with Gasteiger partial charge in [-0.15, -0.1) is 0 Å². The van der Waals surface area contributed by atoms with E-state index in [0.717, 1.165) is 5.69 Å². The molecular weight excluding hydrogens is 348 g/mol. The maximum absolute atomic E-state index is 12.8. The molecule has 2 aromatic heterocycles. The molecule has 2 aromatic rings. The maximum Gasteiger partial charge on any atom is 0.254 e. The van der Waals surface area contributed by atoms with Gasteiger partial charge in [-0.1, -0.05) is 0 Å². The minimum atomic E-state index is -0.958. The molecule has 2 amide bonds. The average molecular weight is 372 g/mol. The summed E-state index contributed by atoms with van der Waals surface area (Å²) in [6, 6.07) is 5.17. The van der Waals surface area contributed by atoms with E-state index in [4.69, 9.17) is 0 Å². The first kappa shape index (κ1) is 18.8. The van der Waals surface area contributed by atoms with Crippen molar-refractivity contribution in [3.8, 4) is 0 Å². The summed E-state index contributed by atoms with van der Waals surface area (Å²) in [6.45, 7) is 1.47. The van der Waals surface area contributed by atoms with Crippen LogP contribution in [0.2, 0.25) is 0 Å². The molecule has 0 aliphatic carbocycles. The quantitative estimate of drug-likeness (QED) is 0.792. The SMILES string of the molecule is CNc1cc(C(=O)N2CCn3nc([C@@H](O)CC(=O)N(C)C)cc3C2)ccn1. The number of hydrogen-bond donors (Lipinski definition) is 2. The van der Waals surface area contributed by atoms with Crippen molar-refractivity contribution in [1.82, 2.24) is 24.6 Å². The number of carbonyl (C=O) groups is 2. The van der Waals surface area contributed by atoms with Gasteiger partial charge in [-0.25, -0.2) is 4.98 Å². The Morgan fingerprint density at radius 3 is 2.81 bits per heavy atom. The fourth-order valence-corrected chi connectivity index (χ4v) is 2.96. The Morgan fingerprint density at radius 2 is 2.11 bits per heavy atom. The molecule has 0 radical (unpaired) electrons. The molecule has 0 aromatic carbocycles. The Kier molecular flexibility index (Phi) is 5.41. The summed E-state index contributed by atoms with van der Waals surface area (Å²) in [4.78, 5) is 31.9. The van der Waals surface area contributed by atoms with E-state index in [1.165, 1.54) is 4.90 Å². The molecule has 0 fully saturated rings. The zero-order chi connectivity index (χ0) is 19.6. The number of nitrogens with one attached hydrogen (secondary N) is 1. The molecule has 3 rings (SSSR count). The summed E-state index contributed by atoms with van der Waals surface area (Å²) < 4.78 is 1.79. The number of aliphatic hydroxyl groups is 1. The summed E-state index contributed by atoms with van der Waals surface area (Å²) in [7, 11) is 5.05. The number of pyridine rings is 1. The second kappa shape index (κ2) is 7.75. The molecule has 9 nitrogen and oxygen atoms in total. The Hall–Kier alpha value is -2.94. The van der Waals surface area contributed by atoms with Gasteiger partial charge in [0.2, 0.25) is 5.91 Å². The number of amides is 2. The van der Waals surface area contributed by atoms with Crippen LogP contribution in [0.1, 0.15) is 34.3 Å². The highest BCUT2D eigenvalue weighted by Gasteiger charge is 2.26. The normalized spacial score (nSPS) is 14.4. The van der Waals surface area contributed by atoms with Crippen LogP contribution >= 0.6 is 0 Å². The van der Waals surface area contributed by atoms with Crippen molar-refractivity contribution in [3.63, 3.8) is 0 Å². The molecule has 0 saturated carbocycles. The first-order valence-electron chi connectivity index (χ1n) is 8.77. The molecule has 9 heteroatoms. The maximum atomic E-state index is 12.8. The highest BCUT2D eigenvalue weighted by molar-refractivity contribution is 5.94. The third kappa shape index (κ3) is 4.08. The van der Waals surface area contributed by atoms with Gasteiger partial charge in [-0.2, -0.15) is 5.10 Å². The number of aliphatic hydroxyl groups excluding tert-OH is 1. The van der Waals surface area contributed by atoms with E-state index in [1.807, 2.05) is 0 Å². The largest absolute Gasteiger partial charge is 0.386 e. The summed E-state index contributed by atoms with van der Waals surface area (Å²) in [5, 5.41) is 17.6. The van der Waals surface area contributed by atoms with Gasteiger partial charge in [0.25, 0.3) is 5.91 Å². The lowest BCUT2D eigenvalue weighted by Gasteiger charge is -2.27. The average Bonchev–Trinajstić information content (AvgIpc) is 3.10. The van der Waals surface area contributed by atoms with Crippen LogP contribution in [0.25, 0.3) is 0 Å². The smallest absolute Gasteiger partial charge is 0.254 e. The molecule has 144 valence electrons. The lowest BCUT2D eigenvalue weighted by atomic mass is 10.1. The minimum absolute atomic E-state index is 0.0179. The van der Waals surface area contributed by atoms with Crippen LogP contribution in [0, 0.1) is 0 Å². The molecule has 2 N–H and O–H groups in total. The molecule has 1 atom stereocenters. The Balaban J connectivity index is 1.72. The van der Waals surface area contributed by atoms with Crippen LogP contribution in [0.3, 0.4) is 0 Å². The Morgan fingerprint density at radius 1 is 1.33 bits per heavy atom. The second-order valence-corrected chi connectivity index (χ2v) is 6.70. The summed E-state index contributed by atoms with van der Waals surface area (Å²) in [6.07, 6.45) is 0.625. The Bertz CT molecular complexity index is 847. The molecule has 0 bridgehead atoms. The van der Waals surface area contributed by atoms with Gasteiger partial charge in [-0.3, -0.25) is 14.3 Å². The number of fused-ring (bicyclic) bond motifs is 1. The first-order chi connectivity index (χ1) is 12.9.